The first-order valence-electron chi connectivity index (χ1n) is 6.95. The van der Waals surface area contributed by atoms with Crippen molar-refractivity contribution < 1.29 is 4.39 Å². The van der Waals surface area contributed by atoms with Gasteiger partial charge in [0.15, 0.2) is 0 Å². The van der Waals surface area contributed by atoms with Crippen LogP contribution in [-0.2, 0) is 6.54 Å². The van der Waals surface area contributed by atoms with Crippen LogP contribution in [-0.4, -0.2) is 23.4 Å². The van der Waals surface area contributed by atoms with Gasteiger partial charge in [-0.1, -0.05) is 31.4 Å². The minimum Gasteiger partial charge on any atom is -0.295 e. The van der Waals surface area contributed by atoms with E-state index in [1.165, 1.54) is 38.2 Å². The van der Waals surface area contributed by atoms with Crippen LogP contribution in [0.3, 0.4) is 0 Å². The highest BCUT2D eigenvalue weighted by atomic mass is 79.9. The molecule has 0 aromatic heterocycles. The van der Waals surface area contributed by atoms with E-state index < -0.39 is 0 Å². The maximum Gasteiger partial charge on any atom is 0.137 e. The Hall–Kier alpha value is -0.120. The van der Waals surface area contributed by atoms with E-state index in [2.05, 4.69) is 20.8 Å². The van der Waals surface area contributed by atoms with Gasteiger partial charge in [-0.15, -0.1) is 11.6 Å². The molecule has 1 aliphatic carbocycles. The lowest BCUT2D eigenvalue weighted by molar-refractivity contribution is 0.156. The second kappa shape index (κ2) is 7.61. The van der Waals surface area contributed by atoms with Crippen molar-refractivity contribution in [3.8, 4) is 0 Å². The van der Waals surface area contributed by atoms with Crippen molar-refractivity contribution in [2.24, 2.45) is 0 Å². The standard InChI is InChI=1S/C15H20BrClFN/c16-15-12(5-4-8-14(15)18)11-19(10-9-17)13-6-2-1-3-7-13/h4-5,8,13H,1-3,6-7,9-11H2. The molecular weight excluding hydrogens is 329 g/mol. The molecule has 1 aromatic carbocycles. The Morgan fingerprint density at radius 1 is 1.26 bits per heavy atom. The molecule has 19 heavy (non-hydrogen) atoms. The van der Waals surface area contributed by atoms with Gasteiger partial charge in [0, 0.05) is 25.0 Å². The second-order valence-corrected chi connectivity index (χ2v) is 6.34. The first-order valence-corrected chi connectivity index (χ1v) is 8.28. The van der Waals surface area contributed by atoms with E-state index in [0.717, 1.165) is 18.7 Å². The third-order valence-electron chi connectivity index (χ3n) is 3.87. The van der Waals surface area contributed by atoms with Gasteiger partial charge in [-0.3, -0.25) is 4.90 Å². The lowest BCUT2D eigenvalue weighted by atomic mass is 9.94. The molecule has 4 heteroatoms. The summed E-state index contributed by atoms with van der Waals surface area (Å²) in [5, 5.41) is 0. The van der Waals surface area contributed by atoms with Crippen molar-refractivity contribution in [1.82, 2.24) is 4.90 Å². The Morgan fingerprint density at radius 2 is 2.00 bits per heavy atom. The van der Waals surface area contributed by atoms with E-state index in [1.807, 2.05) is 6.07 Å². The largest absolute Gasteiger partial charge is 0.295 e. The van der Waals surface area contributed by atoms with Gasteiger partial charge in [-0.25, -0.2) is 4.39 Å². The first-order chi connectivity index (χ1) is 9.22. The summed E-state index contributed by atoms with van der Waals surface area (Å²) in [4.78, 5) is 2.41. The van der Waals surface area contributed by atoms with Crippen LogP contribution in [0.2, 0.25) is 0 Å². The van der Waals surface area contributed by atoms with Crippen molar-refractivity contribution in [2.45, 2.75) is 44.7 Å². The zero-order valence-corrected chi connectivity index (χ0v) is 13.4. The molecule has 106 valence electrons. The molecule has 1 fully saturated rings. The van der Waals surface area contributed by atoms with E-state index in [4.69, 9.17) is 11.6 Å². The molecule has 0 heterocycles. The molecular formula is C15H20BrClFN. The minimum absolute atomic E-state index is 0.188. The third kappa shape index (κ3) is 4.17. The van der Waals surface area contributed by atoms with Gasteiger partial charge in [0.1, 0.15) is 5.82 Å². The van der Waals surface area contributed by atoms with Gasteiger partial charge < -0.3 is 0 Å². The van der Waals surface area contributed by atoms with Gasteiger partial charge in [0.2, 0.25) is 0 Å². The summed E-state index contributed by atoms with van der Waals surface area (Å²) in [5.41, 5.74) is 1.01. The average molecular weight is 349 g/mol. The molecule has 0 spiro atoms. The highest BCUT2D eigenvalue weighted by Crippen LogP contribution is 2.27. The summed E-state index contributed by atoms with van der Waals surface area (Å²) in [6.45, 7) is 1.64. The molecule has 0 atom stereocenters. The van der Waals surface area contributed by atoms with Crippen LogP contribution in [0.5, 0.6) is 0 Å². The van der Waals surface area contributed by atoms with Crippen LogP contribution < -0.4 is 0 Å². The highest BCUT2D eigenvalue weighted by Gasteiger charge is 2.21. The van der Waals surface area contributed by atoms with Gasteiger partial charge >= 0.3 is 0 Å². The Labute approximate surface area is 128 Å². The lowest BCUT2D eigenvalue weighted by Gasteiger charge is -2.34. The molecule has 1 saturated carbocycles. The third-order valence-corrected chi connectivity index (χ3v) is 4.92. The molecule has 0 radical (unpaired) electrons. The van der Waals surface area contributed by atoms with Gasteiger partial charge in [0.05, 0.1) is 4.47 Å². The maximum absolute atomic E-state index is 13.6. The summed E-state index contributed by atoms with van der Waals surface area (Å²) in [7, 11) is 0. The molecule has 1 aromatic rings. The van der Waals surface area contributed by atoms with Crippen LogP contribution >= 0.6 is 27.5 Å². The first kappa shape index (κ1) is 15.3. The van der Waals surface area contributed by atoms with Gasteiger partial charge in [-0.2, -0.15) is 0 Å². The van der Waals surface area contributed by atoms with Crippen molar-refractivity contribution in [3.05, 3.63) is 34.1 Å². The summed E-state index contributed by atoms with van der Waals surface area (Å²) >= 11 is 9.27. The maximum atomic E-state index is 13.6. The quantitative estimate of drug-likeness (QED) is 0.680. The van der Waals surface area contributed by atoms with E-state index in [9.17, 15) is 4.39 Å². The second-order valence-electron chi connectivity index (χ2n) is 5.16. The highest BCUT2D eigenvalue weighted by molar-refractivity contribution is 9.10. The molecule has 0 amide bonds. The Bertz CT molecular complexity index is 407. The van der Waals surface area contributed by atoms with E-state index in [0.29, 0.717) is 16.4 Å². The number of hydrogen-bond donors (Lipinski definition) is 0. The van der Waals surface area contributed by atoms with Crippen LogP contribution in [0.15, 0.2) is 22.7 Å². The smallest absolute Gasteiger partial charge is 0.137 e. The molecule has 0 aliphatic heterocycles. The summed E-state index contributed by atoms with van der Waals surface area (Å²) in [5.74, 6) is 0.440. The van der Waals surface area contributed by atoms with Gasteiger partial charge in [-0.05, 0) is 40.4 Å². The van der Waals surface area contributed by atoms with Crippen LogP contribution in [0.4, 0.5) is 4.39 Å². The number of rotatable bonds is 5. The predicted molar refractivity (Wildman–Crippen MR) is 82.1 cm³/mol. The summed E-state index contributed by atoms with van der Waals surface area (Å²) in [6.07, 6.45) is 6.42. The number of hydrogen-bond acceptors (Lipinski definition) is 1. The summed E-state index contributed by atoms with van der Waals surface area (Å²) < 4.78 is 14.2. The van der Waals surface area contributed by atoms with Crippen molar-refractivity contribution in [1.29, 1.82) is 0 Å². The molecule has 0 bridgehead atoms. The van der Waals surface area contributed by atoms with E-state index in [1.54, 1.807) is 6.07 Å². The monoisotopic (exact) mass is 347 g/mol. The molecule has 0 N–H and O–H groups in total. The predicted octanol–water partition coefficient (Wildman–Crippen LogP) is 4.96. The Morgan fingerprint density at radius 3 is 2.68 bits per heavy atom. The van der Waals surface area contributed by atoms with Crippen molar-refractivity contribution >= 4 is 27.5 Å². The average Bonchev–Trinajstić information content (AvgIpc) is 2.44. The zero-order chi connectivity index (χ0) is 13.7. The Kier molecular flexibility index (Phi) is 6.11. The van der Waals surface area contributed by atoms with Gasteiger partial charge in [0.25, 0.3) is 0 Å². The Balaban J connectivity index is 2.08. The molecule has 1 aliphatic rings. The van der Waals surface area contributed by atoms with E-state index >= 15 is 0 Å². The topological polar surface area (TPSA) is 3.24 Å². The van der Waals surface area contributed by atoms with Crippen LogP contribution in [0.1, 0.15) is 37.7 Å². The fourth-order valence-corrected chi connectivity index (χ4v) is 3.44. The van der Waals surface area contributed by atoms with Crippen LogP contribution in [0.25, 0.3) is 0 Å². The zero-order valence-electron chi connectivity index (χ0n) is 11.0. The molecule has 2 rings (SSSR count). The number of halogens is 3. The minimum atomic E-state index is -0.188. The lowest BCUT2D eigenvalue weighted by Crippen LogP contribution is -2.37. The number of benzene rings is 1. The van der Waals surface area contributed by atoms with Crippen molar-refractivity contribution in [3.63, 3.8) is 0 Å². The summed E-state index contributed by atoms with van der Waals surface area (Å²) in [6, 6.07) is 5.84. The number of nitrogens with zero attached hydrogens (tertiary/aromatic N) is 1. The normalized spacial score (nSPS) is 17.1. The fourth-order valence-electron chi connectivity index (χ4n) is 2.83. The molecule has 1 nitrogen and oxygen atoms in total. The van der Waals surface area contributed by atoms with Crippen LogP contribution in [0, 0.1) is 5.82 Å². The molecule has 0 saturated heterocycles. The van der Waals surface area contributed by atoms with Crippen molar-refractivity contribution in [2.75, 3.05) is 12.4 Å². The van der Waals surface area contributed by atoms with E-state index in [-0.39, 0.29) is 5.82 Å². The SMILES string of the molecule is Fc1cccc(CN(CCCl)C2CCCCC2)c1Br. The number of alkyl halides is 1. The fraction of sp³-hybridized carbons (Fsp3) is 0.600. The molecule has 0 unspecified atom stereocenters.